The summed E-state index contributed by atoms with van der Waals surface area (Å²) in [5.74, 6) is -1.44. The second kappa shape index (κ2) is 10.6. The number of likely N-dealkylation sites (N-methyl/N-ethyl adjacent to an activating group) is 1. The quantitative estimate of drug-likeness (QED) is 0.493. The van der Waals surface area contributed by atoms with E-state index in [-0.39, 0.29) is 25.8 Å². The van der Waals surface area contributed by atoms with Gasteiger partial charge >= 0.3 is 12.0 Å². The Kier molecular flexibility index (Phi) is 9.82. The summed E-state index contributed by atoms with van der Waals surface area (Å²) >= 11 is 0. The summed E-state index contributed by atoms with van der Waals surface area (Å²) in [6.07, 6.45) is 1.30. The van der Waals surface area contributed by atoms with Crippen LogP contribution in [0.1, 0.15) is 19.8 Å². The lowest BCUT2D eigenvalue weighted by atomic mass is 10.0. The van der Waals surface area contributed by atoms with Crippen LogP contribution in [0.5, 0.6) is 0 Å². The maximum Gasteiger partial charge on any atom is 0.317 e. The van der Waals surface area contributed by atoms with Crippen molar-refractivity contribution in [2.45, 2.75) is 19.8 Å². The van der Waals surface area contributed by atoms with Crippen LogP contribution in [0.25, 0.3) is 0 Å². The number of nitrogens with one attached hydrogen (secondary N) is 1. The van der Waals surface area contributed by atoms with E-state index in [1.165, 1.54) is 4.90 Å². The van der Waals surface area contributed by atoms with Crippen molar-refractivity contribution in [2.75, 3.05) is 40.0 Å². The molecule has 112 valence electrons. The predicted molar refractivity (Wildman–Crippen MR) is 70.0 cm³/mol. The fraction of sp³-hybridized carbons (Fsp3) is 0.833. The minimum Gasteiger partial charge on any atom is -0.481 e. The molecule has 0 aliphatic carbocycles. The predicted octanol–water partition coefficient (Wildman–Crippen LogP) is 0.138. The lowest BCUT2D eigenvalue weighted by Crippen LogP contribution is -2.42. The van der Waals surface area contributed by atoms with Gasteiger partial charge in [0.25, 0.3) is 0 Å². The number of hydrogen-bond acceptors (Lipinski definition) is 4. The highest BCUT2D eigenvalue weighted by atomic mass is 16.5. The molecule has 0 radical (unpaired) electrons. The van der Waals surface area contributed by atoms with Gasteiger partial charge in [0.05, 0.1) is 25.7 Å². The minimum absolute atomic E-state index is 0.0484. The summed E-state index contributed by atoms with van der Waals surface area (Å²) in [7, 11) is 1.60. The lowest BCUT2D eigenvalue weighted by Gasteiger charge is -2.19. The number of aliphatic carboxylic acids is 1. The van der Waals surface area contributed by atoms with Gasteiger partial charge in [-0.2, -0.15) is 0 Å². The Morgan fingerprint density at radius 2 is 2.05 bits per heavy atom. The number of urea groups is 1. The Bertz CT molecular complexity index is 273. The van der Waals surface area contributed by atoms with Crippen molar-refractivity contribution in [3.63, 3.8) is 0 Å². The summed E-state index contributed by atoms with van der Waals surface area (Å²) in [6, 6.07) is -0.324. The monoisotopic (exact) mass is 276 g/mol. The first-order valence-corrected chi connectivity index (χ1v) is 6.43. The van der Waals surface area contributed by atoms with Crippen LogP contribution in [0, 0.1) is 5.92 Å². The van der Waals surface area contributed by atoms with Crippen LogP contribution in [0.3, 0.4) is 0 Å². The number of carboxylic acid groups (broad SMARTS) is 1. The van der Waals surface area contributed by atoms with Crippen molar-refractivity contribution < 1.29 is 24.5 Å². The second-order valence-electron chi connectivity index (χ2n) is 4.27. The van der Waals surface area contributed by atoms with Gasteiger partial charge in [-0.15, -0.1) is 0 Å². The molecule has 3 N–H and O–H groups in total. The molecule has 19 heavy (non-hydrogen) atoms. The molecule has 0 bridgehead atoms. The Morgan fingerprint density at radius 3 is 2.58 bits per heavy atom. The molecule has 0 rings (SSSR count). The molecule has 7 heteroatoms. The Hall–Kier alpha value is -1.34. The van der Waals surface area contributed by atoms with Crippen LogP contribution >= 0.6 is 0 Å². The Balaban J connectivity index is 3.90. The number of aliphatic hydroxyl groups excluding tert-OH is 1. The average Bonchev–Trinajstić information content (AvgIpc) is 2.38. The first-order valence-electron chi connectivity index (χ1n) is 6.43. The standard InChI is InChI=1S/C12H24N2O5/c1-3-4-10(11(16)17)9-13-12(18)14(2)5-7-19-8-6-15/h10,15H,3-9H2,1-2H3,(H,13,18)(H,16,17). The first-order chi connectivity index (χ1) is 9.02. The van der Waals surface area contributed by atoms with Gasteiger partial charge in [-0.05, 0) is 6.42 Å². The SMILES string of the molecule is CCCC(CNC(=O)N(C)CCOCCO)C(=O)O. The molecule has 1 atom stereocenters. The number of amides is 2. The molecule has 2 amide bonds. The van der Waals surface area contributed by atoms with Gasteiger partial charge in [0.15, 0.2) is 0 Å². The molecule has 0 aromatic rings. The molecule has 0 fully saturated rings. The molecular formula is C12H24N2O5. The Morgan fingerprint density at radius 1 is 1.37 bits per heavy atom. The van der Waals surface area contributed by atoms with Gasteiger partial charge in [0.2, 0.25) is 0 Å². The summed E-state index contributed by atoms with van der Waals surface area (Å²) in [5.41, 5.74) is 0. The van der Waals surface area contributed by atoms with E-state index in [0.717, 1.165) is 6.42 Å². The van der Waals surface area contributed by atoms with E-state index in [4.69, 9.17) is 14.9 Å². The number of carboxylic acids is 1. The van der Waals surface area contributed by atoms with Crippen molar-refractivity contribution >= 4 is 12.0 Å². The van der Waals surface area contributed by atoms with Gasteiger partial charge < -0.3 is 25.2 Å². The minimum atomic E-state index is -0.893. The molecule has 0 aromatic heterocycles. The van der Waals surface area contributed by atoms with Crippen LogP contribution in [0.2, 0.25) is 0 Å². The maximum atomic E-state index is 11.7. The molecule has 0 spiro atoms. The topological polar surface area (TPSA) is 99.1 Å². The van der Waals surface area contributed by atoms with Crippen molar-refractivity contribution in [2.24, 2.45) is 5.92 Å². The van der Waals surface area contributed by atoms with Crippen molar-refractivity contribution in [1.29, 1.82) is 0 Å². The Labute approximate surface area is 113 Å². The third kappa shape index (κ3) is 8.39. The number of nitrogens with zero attached hydrogens (tertiary/aromatic N) is 1. The number of carbonyl (C=O) groups is 2. The smallest absolute Gasteiger partial charge is 0.317 e. The molecule has 0 saturated heterocycles. The van der Waals surface area contributed by atoms with Crippen molar-refractivity contribution in [3.8, 4) is 0 Å². The van der Waals surface area contributed by atoms with E-state index >= 15 is 0 Å². The van der Waals surface area contributed by atoms with E-state index in [0.29, 0.717) is 19.6 Å². The molecular weight excluding hydrogens is 252 g/mol. The highest BCUT2D eigenvalue weighted by molar-refractivity contribution is 5.75. The van der Waals surface area contributed by atoms with E-state index in [1.807, 2.05) is 6.92 Å². The number of ether oxygens (including phenoxy) is 1. The largest absolute Gasteiger partial charge is 0.481 e. The molecule has 0 aliphatic rings. The highest BCUT2D eigenvalue weighted by Gasteiger charge is 2.18. The molecule has 1 unspecified atom stereocenters. The zero-order chi connectivity index (χ0) is 14.7. The van der Waals surface area contributed by atoms with Gasteiger partial charge in [0, 0.05) is 20.1 Å². The van der Waals surface area contributed by atoms with E-state index < -0.39 is 11.9 Å². The number of hydrogen-bond donors (Lipinski definition) is 3. The van der Waals surface area contributed by atoms with E-state index in [1.54, 1.807) is 7.05 Å². The fourth-order valence-corrected chi connectivity index (χ4v) is 1.48. The zero-order valence-corrected chi connectivity index (χ0v) is 11.6. The van der Waals surface area contributed by atoms with Crippen molar-refractivity contribution in [1.82, 2.24) is 10.2 Å². The molecule has 0 heterocycles. The molecule has 0 aromatic carbocycles. The number of aliphatic hydroxyl groups is 1. The molecule has 0 aliphatic heterocycles. The summed E-state index contributed by atoms with van der Waals surface area (Å²) < 4.78 is 5.04. The third-order valence-electron chi connectivity index (χ3n) is 2.64. The van der Waals surface area contributed by atoms with Gasteiger partial charge in [0.1, 0.15) is 0 Å². The van der Waals surface area contributed by atoms with Gasteiger partial charge in [-0.3, -0.25) is 4.79 Å². The van der Waals surface area contributed by atoms with E-state index in [9.17, 15) is 9.59 Å². The van der Waals surface area contributed by atoms with Crippen LogP contribution in [-0.2, 0) is 9.53 Å². The summed E-state index contributed by atoms with van der Waals surface area (Å²) in [6.45, 7) is 2.95. The van der Waals surface area contributed by atoms with Gasteiger partial charge in [-0.1, -0.05) is 13.3 Å². The zero-order valence-electron chi connectivity index (χ0n) is 11.6. The maximum absolute atomic E-state index is 11.7. The van der Waals surface area contributed by atoms with Crippen LogP contribution in [0.4, 0.5) is 4.79 Å². The molecule has 0 saturated carbocycles. The fourth-order valence-electron chi connectivity index (χ4n) is 1.48. The van der Waals surface area contributed by atoms with Crippen LogP contribution in [-0.4, -0.2) is 67.1 Å². The first kappa shape index (κ1) is 17.7. The van der Waals surface area contributed by atoms with Crippen LogP contribution < -0.4 is 5.32 Å². The van der Waals surface area contributed by atoms with Crippen LogP contribution in [0.15, 0.2) is 0 Å². The summed E-state index contributed by atoms with van der Waals surface area (Å²) in [5, 5.41) is 20.1. The number of carbonyl (C=O) groups excluding carboxylic acids is 1. The number of rotatable bonds is 10. The van der Waals surface area contributed by atoms with Gasteiger partial charge in [-0.25, -0.2) is 4.79 Å². The molecule has 7 nitrogen and oxygen atoms in total. The van der Waals surface area contributed by atoms with E-state index in [2.05, 4.69) is 5.32 Å². The normalized spacial score (nSPS) is 11.9. The average molecular weight is 276 g/mol. The highest BCUT2D eigenvalue weighted by Crippen LogP contribution is 2.05. The lowest BCUT2D eigenvalue weighted by molar-refractivity contribution is -0.141. The summed E-state index contributed by atoms with van der Waals surface area (Å²) in [4.78, 5) is 24.0. The second-order valence-corrected chi connectivity index (χ2v) is 4.27. The van der Waals surface area contributed by atoms with Crippen molar-refractivity contribution in [3.05, 3.63) is 0 Å². The third-order valence-corrected chi connectivity index (χ3v) is 2.64.